The van der Waals surface area contributed by atoms with Gasteiger partial charge in [-0.05, 0) is 30.4 Å². The summed E-state index contributed by atoms with van der Waals surface area (Å²) in [6.07, 6.45) is 11.8. The zero-order valence-electron chi connectivity index (χ0n) is 10.5. The van der Waals surface area contributed by atoms with Crippen LogP contribution in [-0.2, 0) is 0 Å². The van der Waals surface area contributed by atoms with E-state index in [-0.39, 0.29) is 11.5 Å². The Kier molecular flexibility index (Phi) is 3.09. The number of rotatable bonds is 1. The van der Waals surface area contributed by atoms with E-state index >= 15 is 0 Å². The Morgan fingerprint density at radius 1 is 1.35 bits per heavy atom. The van der Waals surface area contributed by atoms with Crippen molar-refractivity contribution in [2.75, 3.05) is 0 Å². The van der Waals surface area contributed by atoms with Gasteiger partial charge in [0.25, 0.3) is 0 Å². The van der Waals surface area contributed by atoms with Crippen molar-refractivity contribution in [1.29, 1.82) is 0 Å². The van der Waals surface area contributed by atoms with Crippen LogP contribution >= 0.6 is 0 Å². The summed E-state index contributed by atoms with van der Waals surface area (Å²) in [6, 6.07) is -0.238. The number of amides is 2. The van der Waals surface area contributed by atoms with Gasteiger partial charge >= 0.3 is 6.03 Å². The molecule has 1 atom stereocenters. The van der Waals surface area contributed by atoms with Crippen LogP contribution in [0.2, 0.25) is 0 Å². The first-order chi connectivity index (χ1) is 7.96. The molecular formula is C14H20N2O. The minimum atomic E-state index is -0.424. The van der Waals surface area contributed by atoms with Gasteiger partial charge in [0, 0.05) is 11.5 Å². The lowest BCUT2D eigenvalue weighted by atomic mass is 9.88. The van der Waals surface area contributed by atoms with Gasteiger partial charge in [0.1, 0.15) is 0 Å². The van der Waals surface area contributed by atoms with Gasteiger partial charge in [-0.15, -0.1) is 0 Å². The fourth-order valence-electron chi connectivity index (χ4n) is 2.37. The van der Waals surface area contributed by atoms with E-state index in [0.29, 0.717) is 0 Å². The first-order valence-corrected chi connectivity index (χ1v) is 6.13. The molecule has 0 spiro atoms. The molecule has 2 amide bonds. The fraction of sp³-hybridized carbons (Fsp3) is 0.500. The van der Waals surface area contributed by atoms with Crippen molar-refractivity contribution in [2.24, 2.45) is 11.1 Å². The highest BCUT2D eigenvalue weighted by atomic mass is 16.2. The molecule has 92 valence electrons. The van der Waals surface area contributed by atoms with E-state index in [1.165, 1.54) is 11.1 Å². The quantitative estimate of drug-likeness (QED) is 0.717. The number of hydrogen-bond acceptors (Lipinski definition) is 1. The van der Waals surface area contributed by atoms with Crippen LogP contribution in [0.5, 0.6) is 0 Å². The van der Waals surface area contributed by atoms with Crippen LogP contribution in [0.25, 0.3) is 0 Å². The molecule has 2 aliphatic rings. The molecule has 0 saturated heterocycles. The van der Waals surface area contributed by atoms with Crippen molar-refractivity contribution >= 4 is 6.03 Å². The van der Waals surface area contributed by atoms with Crippen molar-refractivity contribution < 1.29 is 4.79 Å². The third-order valence-corrected chi connectivity index (χ3v) is 3.42. The third-order valence-electron chi connectivity index (χ3n) is 3.42. The summed E-state index contributed by atoms with van der Waals surface area (Å²) in [5.41, 5.74) is 8.01. The highest BCUT2D eigenvalue weighted by Gasteiger charge is 2.22. The topological polar surface area (TPSA) is 55.1 Å². The second-order valence-corrected chi connectivity index (χ2v) is 5.49. The standard InChI is InChI=1S/C14H20N2O/c1-14(2)7-5-10-3-4-12(16-13(15)17)9-11(10)6-8-14/h5-8,12H,3-4,9H2,1-2H3,(H3,15,16,17). The number of carbonyl (C=O) groups is 1. The van der Waals surface area contributed by atoms with E-state index in [4.69, 9.17) is 5.73 Å². The molecule has 17 heavy (non-hydrogen) atoms. The SMILES string of the molecule is CC1(C)C=CC2=C(C=C1)CC(NC(N)=O)CC2. The number of hydrogen-bond donors (Lipinski definition) is 2. The monoisotopic (exact) mass is 232 g/mol. The maximum Gasteiger partial charge on any atom is 0.312 e. The molecule has 1 unspecified atom stereocenters. The van der Waals surface area contributed by atoms with Gasteiger partial charge in [-0.2, -0.15) is 0 Å². The van der Waals surface area contributed by atoms with E-state index in [0.717, 1.165) is 19.3 Å². The molecule has 0 aromatic heterocycles. The Bertz CT molecular complexity index is 416. The summed E-state index contributed by atoms with van der Waals surface area (Å²) in [6.45, 7) is 4.38. The fourth-order valence-corrected chi connectivity index (χ4v) is 2.37. The predicted octanol–water partition coefficient (Wildman–Crippen LogP) is 2.66. The minimum absolute atomic E-state index is 0.115. The van der Waals surface area contributed by atoms with Crippen molar-refractivity contribution in [3.05, 3.63) is 35.5 Å². The molecule has 0 aliphatic heterocycles. The Morgan fingerprint density at radius 3 is 2.65 bits per heavy atom. The van der Waals surface area contributed by atoms with Crippen molar-refractivity contribution in [3.63, 3.8) is 0 Å². The van der Waals surface area contributed by atoms with E-state index in [1.807, 2.05) is 0 Å². The summed E-state index contributed by atoms with van der Waals surface area (Å²) in [5, 5.41) is 2.80. The van der Waals surface area contributed by atoms with Crippen LogP contribution in [0, 0.1) is 5.41 Å². The summed E-state index contributed by atoms with van der Waals surface area (Å²) in [4.78, 5) is 10.9. The van der Waals surface area contributed by atoms with Gasteiger partial charge in [-0.3, -0.25) is 0 Å². The molecule has 3 heteroatoms. The largest absolute Gasteiger partial charge is 0.352 e. The Balaban J connectivity index is 2.14. The van der Waals surface area contributed by atoms with Crippen LogP contribution < -0.4 is 11.1 Å². The molecule has 0 saturated carbocycles. The van der Waals surface area contributed by atoms with Crippen LogP contribution in [-0.4, -0.2) is 12.1 Å². The number of allylic oxidation sites excluding steroid dienone is 5. The minimum Gasteiger partial charge on any atom is -0.352 e. The van der Waals surface area contributed by atoms with E-state index in [2.05, 4.69) is 43.5 Å². The smallest absolute Gasteiger partial charge is 0.312 e. The van der Waals surface area contributed by atoms with Gasteiger partial charge in [-0.1, -0.05) is 38.2 Å². The Hall–Kier alpha value is -1.51. The van der Waals surface area contributed by atoms with Crippen LogP contribution in [0.4, 0.5) is 4.79 Å². The zero-order chi connectivity index (χ0) is 12.5. The number of nitrogens with one attached hydrogen (secondary N) is 1. The molecule has 0 aromatic rings. The molecular weight excluding hydrogens is 212 g/mol. The Morgan fingerprint density at radius 2 is 2.00 bits per heavy atom. The summed E-state index contributed by atoms with van der Waals surface area (Å²) in [7, 11) is 0. The predicted molar refractivity (Wildman–Crippen MR) is 69.4 cm³/mol. The first-order valence-electron chi connectivity index (χ1n) is 6.13. The molecule has 0 heterocycles. The molecule has 3 nitrogen and oxygen atoms in total. The lowest BCUT2D eigenvalue weighted by Gasteiger charge is -2.24. The molecule has 2 rings (SSSR count). The Labute approximate surface area is 102 Å². The summed E-state index contributed by atoms with van der Waals surface area (Å²) >= 11 is 0. The van der Waals surface area contributed by atoms with Crippen molar-refractivity contribution in [2.45, 2.75) is 39.2 Å². The second-order valence-electron chi connectivity index (χ2n) is 5.49. The average molecular weight is 232 g/mol. The molecule has 0 fully saturated rings. The normalized spacial score (nSPS) is 26.4. The van der Waals surface area contributed by atoms with E-state index < -0.39 is 6.03 Å². The molecule has 0 aromatic carbocycles. The van der Waals surface area contributed by atoms with Crippen LogP contribution in [0.1, 0.15) is 33.1 Å². The van der Waals surface area contributed by atoms with Gasteiger partial charge in [-0.25, -0.2) is 4.79 Å². The highest BCUT2D eigenvalue weighted by Crippen LogP contribution is 2.32. The van der Waals surface area contributed by atoms with E-state index in [9.17, 15) is 4.79 Å². The molecule has 2 aliphatic carbocycles. The van der Waals surface area contributed by atoms with Gasteiger partial charge in [0.2, 0.25) is 0 Å². The zero-order valence-corrected chi connectivity index (χ0v) is 10.5. The number of primary amides is 1. The second kappa shape index (κ2) is 4.40. The first kappa shape index (κ1) is 12.0. The van der Waals surface area contributed by atoms with E-state index in [1.54, 1.807) is 0 Å². The van der Waals surface area contributed by atoms with Crippen molar-refractivity contribution in [1.82, 2.24) is 5.32 Å². The third kappa shape index (κ3) is 2.99. The van der Waals surface area contributed by atoms with Gasteiger partial charge < -0.3 is 11.1 Å². The number of carbonyl (C=O) groups excluding carboxylic acids is 1. The van der Waals surface area contributed by atoms with Crippen LogP contribution in [0.3, 0.4) is 0 Å². The lowest BCUT2D eigenvalue weighted by Crippen LogP contribution is -2.39. The summed E-state index contributed by atoms with van der Waals surface area (Å²) in [5.74, 6) is 0. The maximum atomic E-state index is 10.9. The molecule has 0 radical (unpaired) electrons. The van der Waals surface area contributed by atoms with Gasteiger partial charge in [0.05, 0.1) is 0 Å². The van der Waals surface area contributed by atoms with Crippen molar-refractivity contribution in [3.8, 4) is 0 Å². The average Bonchev–Trinajstić information content (AvgIpc) is 2.38. The number of urea groups is 1. The van der Waals surface area contributed by atoms with Crippen LogP contribution in [0.15, 0.2) is 35.5 Å². The highest BCUT2D eigenvalue weighted by molar-refractivity contribution is 5.72. The summed E-state index contributed by atoms with van der Waals surface area (Å²) < 4.78 is 0. The maximum absolute atomic E-state index is 10.9. The molecule has 3 N–H and O–H groups in total. The van der Waals surface area contributed by atoms with Gasteiger partial charge in [0.15, 0.2) is 0 Å². The number of nitrogens with two attached hydrogens (primary N) is 1. The lowest BCUT2D eigenvalue weighted by molar-refractivity contribution is 0.244. The molecule has 0 bridgehead atoms.